The van der Waals surface area contributed by atoms with E-state index < -0.39 is 0 Å². The minimum atomic E-state index is 0.214. The highest BCUT2D eigenvalue weighted by Gasteiger charge is 2.43. The Bertz CT molecular complexity index is 310. The van der Waals surface area contributed by atoms with Crippen LogP contribution in [-0.4, -0.2) is 57.0 Å². The van der Waals surface area contributed by atoms with Crippen molar-refractivity contribution in [1.82, 2.24) is 4.90 Å². The van der Waals surface area contributed by atoms with E-state index in [1.807, 2.05) is 0 Å². The van der Waals surface area contributed by atoms with Crippen molar-refractivity contribution >= 4 is 0 Å². The molecule has 1 heterocycles. The van der Waals surface area contributed by atoms with E-state index in [1.54, 1.807) is 14.2 Å². The molecule has 4 heteroatoms. The highest BCUT2D eigenvalue weighted by Crippen LogP contribution is 2.44. The normalized spacial score (nSPS) is 42.0. The van der Waals surface area contributed by atoms with Crippen LogP contribution in [0.15, 0.2) is 0 Å². The van der Waals surface area contributed by atoms with Gasteiger partial charge in [0.15, 0.2) is 0 Å². The molecule has 0 aromatic rings. The number of nitrogens with zero attached hydrogens (tertiary/aromatic N) is 1. The number of methoxy groups -OCH3 is 2. The molecule has 0 radical (unpaired) electrons. The van der Waals surface area contributed by atoms with Gasteiger partial charge in [0.1, 0.15) is 0 Å². The molecule has 2 N–H and O–H groups in total. The lowest BCUT2D eigenvalue weighted by molar-refractivity contribution is -0.00461. The lowest BCUT2D eigenvalue weighted by atomic mass is 9.61. The van der Waals surface area contributed by atoms with Gasteiger partial charge in [0.05, 0.1) is 12.2 Å². The second-order valence-corrected chi connectivity index (χ2v) is 7.32. The van der Waals surface area contributed by atoms with E-state index in [-0.39, 0.29) is 12.2 Å². The fourth-order valence-corrected chi connectivity index (χ4v) is 4.00. The Morgan fingerprint density at radius 3 is 2.15 bits per heavy atom. The van der Waals surface area contributed by atoms with E-state index in [1.165, 1.54) is 6.42 Å². The summed E-state index contributed by atoms with van der Waals surface area (Å²) in [5, 5.41) is 0. The molecule has 1 aliphatic heterocycles. The van der Waals surface area contributed by atoms with Crippen molar-refractivity contribution in [3.8, 4) is 0 Å². The molecule has 1 aliphatic carbocycles. The molecule has 5 unspecified atom stereocenters. The van der Waals surface area contributed by atoms with Gasteiger partial charge in [-0.15, -0.1) is 0 Å². The van der Waals surface area contributed by atoms with Crippen LogP contribution in [0.1, 0.15) is 33.6 Å². The molecule has 0 spiro atoms. The maximum absolute atomic E-state index is 6.26. The predicted molar refractivity (Wildman–Crippen MR) is 81.7 cm³/mol. The Labute approximate surface area is 124 Å². The van der Waals surface area contributed by atoms with Crippen LogP contribution in [0.5, 0.6) is 0 Å². The second-order valence-electron chi connectivity index (χ2n) is 7.32. The molecule has 1 saturated carbocycles. The highest BCUT2D eigenvalue weighted by molar-refractivity contribution is 4.96. The first-order chi connectivity index (χ1) is 9.40. The van der Waals surface area contributed by atoms with E-state index in [0.717, 1.165) is 26.1 Å². The van der Waals surface area contributed by atoms with Crippen molar-refractivity contribution in [3.63, 3.8) is 0 Å². The van der Waals surface area contributed by atoms with Crippen molar-refractivity contribution in [2.24, 2.45) is 23.0 Å². The van der Waals surface area contributed by atoms with Gasteiger partial charge in [-0.1, -0.05) is 20.8 Å². The van der Waals surface area contributed by atoms with Crippen molar-refractivity contribution < 1.29 is 9.47 Å². The Morgan fingerprint density at radius 2 is 1.65 bits per heavy atom. The van der Waals surface area contributed by atoms with Crippen molar-refractivity contribution in [3.05, 3.63) is 0 Å². The zero-order valence-corrected chi connectivity index (χ0v) is 13.8. The van der Waals surface area contributed by atoms with Gasteiger partial charge >= 0.3 is 0 Å². The van der Waals surface area contributed by atoms with E-state index in [0.29, 0.717) is 23.3 Å². The molecular formula is C16H32N2O2. The molecule has 0 bridgehead atoms. The molecule has 0 aromatic carbocycles. The number of rotatable bonds is 4. The van der Waals surface area contributed by atoms with Crippen LogP contribution in [0, 0.1) is 17.3 Å². The van der Waals surface area contributed by atoms with Gasteiger partial charge in [-0.05, 0) is 30.1 Å². The monoisotopic (exact) mass is 284 g/mol. The van der Waals surface area contributed by atoms with Gasteiger partial charge in [-0.3, -0.25) is 4.90 Å². The van der Waals surface area contributed by atoms with Crippen LogP contribution in [0.2, 0.25) is 0 Å². The van der Waals surface area contributed by atoms with Crippen LogP contribution in [-0.2, 0) is 9.47 Å². The first-order valence-electron chi connectivity index (χ1n) is 7.93. The fourth-order valence-electron chi connectivity index (χ4n) is 4.00. The summed E-state index contributed by atoms with van der Waals surface area (Å²) in [5.41, 5.74) is 6.57. The zero-order valence-electron chi connectivity index (χ0n) is 13.8. The molecule has 1 saturated heterocycles. The van der Waals surface area contributed by atoms with Gasteiger partial charge < -0.3 is 15.2 Å². The summed E-state index contributed by atoms with van der Waals surface area (Å²) in [7, 11) is 3.57. The summed E-state index contributed by atoms with van der Waals surface area (Å²) >= 11 is 0. The molecule has 0 amide bonds. The van der Waals surface area contributed by atoms with Gasteiger partial charge in [0.2, 0.25) is 0 Å². The number of likely N-dealkylation sites (tertiary alicyclic amines) is 1. The Balaban J connectivity index is 1.97. The van der Waals surface area contributed by atoms with Crippen LogP contribution in [0.4, 0.5) is 0 Å². The lowest BCUT2D eigenvalue weighted by Gasteiger charge is -2.48. The molecule has 118 valence electrons. The van der Waals surface area contributed by atoms with Crippen LogP contribution in [0.3, 0.4) is 0 Å². The van der Waals surface area contributed by atoms with E-state index in [4.69, 9.17) is 15.2 Å². The van der Waals surface area contributed by atoms with Crippen molar-refractivity contribution in [2.75, 3.05) is 33.9 Å². The largest absolute Gasteiger partial charge is 0.377 e. The minimum Gasteiger partial charge on any atom is -0.377 e. The second kappa shape index (κ2) is 6.30. The average Bonchev–Trinajstić information content (AvgIpc) is 2.82. The Hall–Kier alpha value is -0.160. The third-order valence-electron chi connectivity index (χ3n) is 6.09. The Morgan fingerprint density at radius 1 is 1.10 bits per heavy atom. The number of hydrogen-bond acceptors (Lipinski definition) is 4. The summed E-state index contributed by atoms with van der Waals surface area (Å²) in [6.07, 6.45) is 2.83. The van der Waals surface area contributed by atoms with Gasteiger partial charge in [-0.25, -0.2) is 0 Å². The predicted octanol–water partition coefficient (Wildman–Crippen LogP) is 1.73. The maximum atomic E-state index is 6.26. The van der Waals surface area contributed by atoms with E-state index in [9.17, 15) is 0 Å². The number of ether oxygens (including phenoxy) is 2. The third-order valence-corrected chi connectivity index (χ3v) is 6.09. The first-order valence-corrected chi connectivity index (χ1v) is 7.93. The molecule has 5 atom stereocenters. The van der Waals surface area contributed by atoms with Crippen LogP contribution < -0.4 is 5.73 Å². The molecule has 20 heavy (non-hydrogen) atoms. The zero-order chi connectivity index (χ0) is 14.9. The first kappa shape index (κ1) is 16.2. The van der Waals surface area contributed by atoms with Gasteiger partial charge in [0.25, 0.3) is 0 Å². The standard InChI is InChI=1S/C16H32N2O2/c1-11-13(17)7-6-12(16(11,2)3)8-18-9-14(19-4)15(10-18)20-5/h11-15H,6-10,17H2,1-5H3. The molecule has 2 aliphatic rings. The van der Waals surface area contributed by atoms with E-state index in [2.05, 4.69) is 25.7 Å². The van der Waals surface area contributed by atoms with Crippen molar-refractivity contribution in [2.45, 2.75) is 51.9 Å². The summed E-state index contributed by atoms with van der Waals surface area (Å²) in [6.45, 7) is 10.2. The molecule has 2 fully saturated rings. The Kier molecular flexibility index (Phi) is 5.11. The average molecular weight is 284 g/mol. The highest BCUT2D eigenvalue weighted by atomic mass is 16.5. The maximum Gasteiger partial charge on any atom is 0.0971 e. The third kappa shape index (κ3) is 3.03. The van der Waals surface area contributed by atoms with Crippen LogP contribution >= 0.6 is 0 Å². The fraction of sp³-hybridized carbons (Fsp3) is 1.00. The summed E-state index contributed by atoms with van der Waals surface area (Å²) in [6, 6.07) is 0.360. The molecule has 2 rings (SSSR count). The van der Waals surface area contributed by atoms with Crippen molar-refractivity contribution in [1.29, 1.82) is 0 Å². The topological polar surface area (TPSA) is 47.7 Å². The number of hydrogen-bond donors (Lipinski definition) is 1. The smallest absolute Gasteiger partial charge is 0.0971 e. The summed E-state index contributed by atoms with van der Waals surface area (Å²) < 4.78 is 11.1. The number of nitrogens with two attached hydrogens (primary N) is 1. The quantitative estimate of drug-likeness (QED) is 0.854. The van der Waals surface area contributed by atoms with Crippen LogP contribution in [0.25, 0.3) is 0 Å². The minimum absolute atomic E-state index is 0.214. The molecule has 4 nitrogen and oxygen atoms in total. The lowest BCUT2D eigenvalue weighted by Crippen LogP contribution is -2.49. The summed E-state index contributed by atoms with van der Waals surface area (Å²) in [4.78, 5) is 2.51. The van der Waals surface area contributed by atoms with E-state index >= 15 is 0 Å². The summed E-state index contributed by atoms with van der Waals surface area (Å²) in [5.74, 6) is 1.30. The SMILES string of the molecule is COC1CN(CC2CCC(N)C(C)C2(C)C)CC1OC. The molecular weight excluding hydrogens is 252 g/mol. The molecule has 0 aromatic heterocycles. The van der Waals surface area contributed by atoms with Gasteiger partial charge in [0, 0.05) is 39.9 Å². The van der Waals surface area contributed by atoms with Gasteiger partial charge in [-0.2, -0.15) is 0 Å².